The molecule has 0 aromatic heterocycles. The van der Waals surface area contributed by atoms with E-state index in [0.29, 0.717) is 18.9 Å². The fourth-order valence-corrected chi connectivity index (χ4v) is 2.10. The number of aryl methyl sites for hydroxylation is 1. The highest BCUT2D eigenvalue weighted by atomic mass is 79.9. The summed E-state index contributed by atoms with van der Waals surface area (Å²) in [5.41, 5.74) is 7.53. The summed E-state index contributed by atoms with van der Waals surface area (Å²) in [6.07, 6.45) is 0.820. The van der Waals surface area contributed by atoms with Gasteiger partial charge in [-0.1, -0.05) is 28.1 Å². The van der Waals surface area contributed by atoms with Crippen LogP contribution in [0.4, 0.5) is 5.69 Å². The van der Waals surface area contributed by atoms with E-state index in [4.69, 9.17) is 15.2 Å². The molecule has 0 spiro atoms. The fraction of sp³-hybridized carbons (Fsp3) is 0.250. The summed E-state index contributed by atoms with van der Waals surface area (Å²) in [5, 5.41) is 0. The monoisotopic (exact) mass is 335 g/mol. The summed E-state index contributed by atoms with van der Waals surface area (Å²) in [7, 11) is 0. The van der Waals surface area contributed by atoms with Crippen molar-refractivity contribution in [3.05, 3.63) is 52.5 Å². The SMILES string of the molecule is Cc1ccc(Br)cc1OCCCOc1cccc(N)c1. The molecule has 0 aliphatic heterocycles. The molecule has 0 bridgehead atoms. The number of rotatable bonds is 6. The molecular weight excluding hydrogens is 318 g/mol. The molecule has 0 radical (unpaired) electrons. The predicted octanol–water partition coefficient (Wildman–Crippen LogP) is 4.19. The van der Waals surface area contributed by atoms with Gasteiger partial charge < -0.3 is 15.2 Å². The largest absolute Gasteiger partial charge is 0.493 e. The molecule has 0 saturated heterocycles. The average Bonchev–Trinajstić information content (AvgIpc) is 2.42. The Morgan fingerprint density at radius 2 is 1.85 bits per heavy atom. The normalized spacial score (nSPS) is 10.3. The van der Waals surface area contributed by atoms with E-state index < -0.39 is 0 Å². The maximum absolute atomic E-state index is 5.74. The minimum absolute atomic E-state index is 0.608. The van der Waals surface area contributed by atoms with Crippen LogP contribution in [-0.2, 0) is 0 Å². The lowest BCUT2D eigenvalue weighted by molar-refractivity contribution is 0.246. The van der Waals surface area contributed by atoms with Gasteiger partial charge in [-0.05, 0) is 36.8 Å². The van der Waals surface area contributed by atoms with Crippen LogP contribution in [0.5, 0.6) is 11.5 Å². The van der Waals surface area contributed by atoms with Crippen LogP contribution in [0.1, 0.15) is 12.0 Å². The van der Waals surface area contributed by atoms with Gasteiger partial charge in [-0.2, -0.15) is 0 Å². The molecule has 0 fully saturated rings. The Bertz CT molecular complexity index is 572. The number of hydrogen-bond acceptors (Lipinski definition) is 3. The number of benzene rings is 2. The maximum atomic E-state index is 5.74. The van der Waals surface area contributed by atoms with Crippen LogP contribution in [0.2, 0.25) is 0 Å². The van der Waals surface area contributed by atoms with Gasteiger partial charge in [-0.25, -0.2) is 0 Å². The minimum atomic E-state index is 0.608. The van der Waals surface area contributed by atoms with Crippen molar-refractivity contribution in [2.24, 2.45) is 0 Å². The van der Waals surface area contributed by atoms with Crippen LogP contribution in [0.25, 0.3) is 0 Å². The first-order chi connectivity index (χ1) is 9.65. The molecule has 2 aromatic rings. The Morgan fingerprint density at radius 1 is 1.05 bits per heavy atom. The first-order valence-corrected chi connectivity index (χ1v) is 7.32. The highest BCUT2D eigenvalue weighted by molar-refractivity contribution is 9.10. The molecule has 2 N–H and O–H groups in total. The number of nitrogens with two attached hydrogens (primary N) is 1. The van der Waals surface area contributed by atoms with Gasteiger partial charge in [0.15, 0.2) is 0 Å². The van der Waals surface area contributed by atoms with Gasteiger partial charge in [0.25, 0.3) is 0 Å². The van der Waals surface area contributed by atoms with Crippen LogP contribution < -0.4 is 15.2 Å². The lowest BCUT2D eigenvalue weighted by atomic mass is 10.2. The Labute approximate surface area is 127 Å². The average molecular weight is 336 g/mol. The van der Waals surface area contributed by atoms with Gasteiger partial charge in [0, 0.05) is 22.6 Å². The minimum Gasteiger partial charge on any atom is -0.493 e. The zero-order chi connectivity index (χ0) is 14.4. The van der Waals surface area contributed by atoms with Gasteiger partial charge in [-0.15, -0.1) is 0 Å². The Hall–Kier alpha value is -1.68. The molecule has 20 heavy (non-hydrogen) atoms. The van der Waals surface area contributed by atoms with Gasteiger partial charge in [0.2, 0.25) is 0 Å². The second-order valence-corrected chi connectivity index (χ2v) is 5.45. The van der Waals surface area contributed by atoms with E-state index in [1.807, 2.05) is 49.4 Å². The van der Waals surface area contributed by atoms with E-state index in [0.717, 1.165) is 28.0 Å². The molecular formula is C16H18BrNO2. The van der Waals surface area contributed by atoms with Crippen molar-refractivity contribution in [1.82, 2.24) is 0 Å². The Morgan fingerprint density at radius 3 is 2.65 bits per heavy atom. The van der Waals surface area contributed by atoms with E-state index in [2.05, 4.69) is 15.9 Å². The third-order valence-corrected chi connectivity index (χ3v) is 3.32. The van der Waals surface area contributed by atoms with Crippen LogP contribution in [0, 0.1) is 6.92 Å². The zero-order valence-electron chi connectivity index (χ0n) is 11.4. The van der Waals surface area contributed by atoms with E-state index in [-0.39, 0.29) is 0 Å². The summed E-state index contributed by atoms with van der Waals surface area (Å²) in [6, 6.07) is 13.5. The maximum Gasteiger partial charge on any atom is 0.123 e. The topological polar surface area (TPSA) is 44.5 Å². The third kappa shape index (κ3) is 4.46. The van der Waals surface area contributed by atoms with Gasteiger partial charge in [-0.3, -0.25) is 0 Å². The lowest BCUT2D eigenvalue weighted by Gasteiger charge is -2.10. The number of ether oxygens (including phenoxy) is 2. The van der Waals surface area contributed by atoms with Crippen molar-refractivity contribution >= 4 is 21.6 Å². The van der Waals surface area contributed by atoms with Crippen molar-refractivity contribution in [3.8, 4) is 11.5 Å². The fourth-order valence-electron chi connectivity index (χ4n) is 1.76. The predicted molar refractivity (Wildman–Crippen MR) is 85.3 cm³/mol. The molecule has 0 amide bonds. The standard InChI is InChI=1S/C16H18BrNO2/c1-12-6-7-13(17)10-16(12)20-9-3-8-19-15-5-2-4-14(18)11-15/h2,4-7,10-11H,3,8-9,18H2,1H3. The summed E-state index contributed by atoms with van der Waals surface area (Å²) < 4.78 is 12.4. The summed E-state index contributed by atoms with van der Waals surface area (Å²) in [5.74, 6) is 1.70. The highest BCUT2D eigenvalue weighted by Crippen LogP contribution is 2.23. The van der Waals surface area contributed by atoms with Crippen molar-refractivity contribution in [2.45, 2.75) is 13.3 Å². The van der Waals surface area contributed by atoms with E-state index in [1.54, 1.807) is 0 Å². The van der Waals surface area contributed by atoms with E-state index in [9.17, 15) is 0 Å². The molecule has 4 heteroatoms. The molecule has 3 nitrogen and oxygen atoms in total. The smallest absolute Gasteiger partial charge is 0.123 e. The lowest BCUT2D eigenvalue weighted by Crippen LogP contribution is -2.05. The summed E-state index contributed by atoms with van der Waals surface area (Å²) in [6.45, 7) is 3.27. The van der Waals surface area contributed by atoms with E-state index >= 15 is 0 Å². The first-order valence-electron chi connectivity index (χ1n) is 6.52. The molecule has 2 aromatic carbocycles. The molecule has 0 aliphatic rings. The third-order valence-electron chi connectivity index (χ3n) is 2.82. The number of halogens is 1. The summed E-state index contributed by atoms with van der Waals surface area (Å²) >= 11 is 3.44. The molecule has 0 atom stereocenters. The molecule has 2 rings (SSSR count). The summed E-state index contributed by atoms with van der Waals surface area (Å²) in [4.78, 5) is 0. The molecule has 0 saturated carbocycles. The Kier molecular flexibility index (Phi) is 5.30. The second-order valence-electron chi connectivity index (χ2n) is 4.53. The van der Waals surface area contributed by atoms with Gasteiger partial charge in [0.1, 0.15) is 11.5 Å². The van der Waals surface area contributed by atoms with Crippen molar-refractivity contribution in [1.29, 1.82) is 0 Å². The number of anilines is 1. The quantitative estimate of drug-likeness (QED) is 0.635. The van der Waals surface area contributed by atoms with Crippen LogP contribution >= 0.6 is 15.9 Å². The van der Waals surface area contributed by atoms with Crippen molar-refractivity contribution in [3.63, 3.8) is 0 Å². The highest BCUT2D eigenvalue weighted by Gasteiger charge is 2.00. The first kappa shape index (κ1) is 14.7. The molecule has 0 aliphatic carbocycles. The van der Waals surface area contributed by atoms with Gasteiger partial charge >= 0.3 is 0 Å². The van der Waals surface area contributed by atoms with Crippen LogP contribution in [-0.4, -0.2) is 13.2 Å². The molecule has 0 heterocycles. The number of nitrogen functional groups attached to an aromatic ring is 1. The second kappa shape index (κ2) is 7.20. The Balaban J connectivity index is 1.73. The number of hydrogen-bond donors (Lipinski definition) is 1. The van der Waals surface area contributed by atoms with Crippen molar-refractivity contribution < 1.29 is 9.47 Å². The molecule has 106 valence electrons. The van der Waals surface area contributed by atoms with Crippen LogP contribution in [0.15, 0.2) is 46.9 Å². The van der Waals surface area contributed by atoms with E-state index in [1.165, 1.54) is 0 Å². The molecule has 0 unspecified atom stereocenters. The van der Waals surface area contributed by atoms with Crippen molar-refractivity contribution in [2.75, 3.05) is 18.9 Å². The van der Waals surface area contributed by atoms with Crippen LogP contribution in [0.3, 0.4) is 0 Å². The van der Waals surface area contributed by atoms with Gasteiger partial charge in [0.05, 0.1) is 13.2 Å². The zero-order valence-corrected chi connectivity index (χ0v) is 13.0.